The third-order valence-electron chi connectivity index (χ3n) is 7.88. The van der Waals surface area contributed by atoms with Gasteiger partial charge >= 0.3 is 0 Å². The van der Waals surface area contributed by atoms with Crippen molar-refractivity contribution in [1.29, 1.82) is 5.41 Å². The predicted molar refractivity (Wildman–Crippen MR) is 146 cm³/mol. The number of fused-ring (bicyclic) bond motifs is 3. The number of piperidine rings is 1. The lowest BCUT2D eigenvalue weighted by atomic mass is 9.85. The van der Waals surface area contributed by atoms with E-state index in [4.69, 9.17) is 16.1 Å². The van der Waals surface area contributed by atoms with Crippen molar-refractivity contribution < 1.29 is 14.9 Å². The Balaban J connectivity index is 1.35. The molecule has 6 N–H and O–H groups in total. The summed E-state index contributed by atoms with van der Waals surface area (Å²) in [4.78, 5) is 41.5. The molecule has 13 heteroatoms. The first-order valence-corrected chi connectivity index (χ1v) is 13.2. The molecule has 204 valence electrons. The van der Waals surface area contributed by atoms with E-state index in [0.29, 0.717) is 29.7 Å². The smallest absolute Gasteiger partial charge is 0.291 e. The Hall–Kier alpha value is -4.78. The number of hydrogen-bond acceptors (Lipinski definition) is 9. The zero-order valence-corrected chi connectivity index (χ0v) is 22.2. The Morgan fingerprint density at radius 3 is 2.55 bits per heavy atom. The number of aromatic amines is 1. The molecule has 2 fully saturated rings. The first-order chi connectivity index (χ1) is 19.4. The number of H-pyrrole nitrogens is 1. The van der Waals surface area contributed by atoms with E-state index in [2.05, 4.69) is 25.3 Å². The summed E-state index contributed by atoms with van der Waals surface area (Å²) in [6.07, 6.45) is 11.0. The van der Waals surface area contributed by atoms with Crippen LogP contribution < -0.4 is 11.1 Å². The summed E-state index contributed by atoms with van der Waals surface area (Å²) >= 11 is 0. The maximum Gasteiger partial charge on any atom is 0.291 e. The number of anilines is 1. The first-order valence-electron chi connectivity index (χ1n) is 13.2. The van der Waals surface area contributed by atoms with Crippen molar-refractivity contribution in [3.05, 3.63) is 59.7 Å². The lowest BCUT2D eigenvalue weighted by Gasteiger charge is -2.38. The van der Waals surface area contributed by atoms with E-state index < -0.39 is 0 Å². The SMILES string of the molecule is CC(=O)c1c(C2C[C@H]3CC[C@@H](C2)N3C(=O)c2ncn[nH]2)nc2c(-c3ccc([NH2+]/C=C(/C)C=N)nc3)cnn2c1N. The predicted octanol–water partition coefficient (Wildman–Crippen LogP) is 1.99. The number of nitrogens with one attached hydrogen (secondary N) is 2. The average Bonchev–Trinajstić information content (AvgIpc) is 3.70. The summed E-state index contributed by atoms with van der Waals surface area (Å²) in [6.45, 7) is 3.35. The molecule has 2 aliphatic heterocycles. The summed E-state index contributed by atoms with van der Waals surface area (Å²) in [5, 5.41) is 20.1. The van der Waals surface area contributed by atoms with E-state index in [-0.39, 0.29) is 41.3 Å². The van der Waals surface area contributed by atoms with Crippen LogP contribution in [0.5, 0.6) is 0 Å². The molecule has 0 aromatic carbocycles. The summed E-state index contributed by atoms with van der Waals surface area (Å²) in [7, 11) is 0. The van der Waals surface area contributed by atoms with Gasteiger partial charge in [-0.1, -0.05) is 0 Å². The van der Waals surface area contributed by atoms with Gasteiger partial charge in [0, 0.05) is 53.2 Å². The molecular formula is C27H30N11O2+. The number of nitrogen functional groups attached to an aromatic ring is 1. The first kappa shape index (κ1) is 25.5. The van der Waals surface area contributed by atoms with Crippen molar-refractivity contribution >= 4 is 35.2 Å². The molecule has 40 heavy (non-hydrogen) atoms. The lowest BCUT2D eigenvalue weighted by Crippen LogP contribution is -2.71. The highest BCUT2D eigenvalue weighted by molar-refractivity contribution is 6.00. The van der Waals surface area contributed by atoms with Gasteiger partial charge in [0.05, 0.1) is 17.5 Å². The molecule has 2 aliphatic rings. The maximum absolute atomic E-state index is 13.1. The van der Waals surface area contributed by atoms with Crippen molar-refractivity contribution in [3.63, 3.8) is 0 Å². The highest BCUT2D eigenvalue weighted by Gasteiger charge is 2.45. The number of hydrogen-bond donors (Lipinski definition) is 4. The van der Waals surface area contributed by atoms with Crippen LogP contribution in [0.3, 0.4) is 0 Å². The second-order valence-electron chi connectivity index (χ2n) is 10.4. The maximum atomic E-state index is 13.1. The van der Waals surface area contributed by atoms with Gasteiger partial charge < -0.3 is 16.0 Å². The number of allylic oxidation sites excluding steroid dienone is 1. The van der Waals surface area contributed by atoms with Gasteiger partial charge in [-0.15, -0.1) is 0 Å². The zero-order valence-electron chi connectivity index (χ0n) is 22.2. The van der Waals surface area contributed by atoms with Gasteiger partial charge in [-0.3, -0.25) is 20.0 Å². The van der Waals surface area contributed by atoms with Crippen molar-refractivity contribution in [2.45, 2.75) is 57.5 Å². The van der Waals surface area contributed by atoms with E-state index in [1.807, 2.05) is 35.5 Å². The molecule has 13 nitrogen and oxygen atoms in total. The molecule has 4 aromatic heterocycles. The summed E-state index contributed by atoms with van der Waals surface area (Å²) in [6, 6.07) is 3.86. The molecule has 2 bridgehead atoms. The van der Waals surface area contributed by atoms with E-state index in [1.165, 1.54) is 24.0 Å². The molecule has 3 atom stereocenters. The van der Waals surface area contributed by atoms with Crippen LogP contribution in [-0.4, -0.2) is 69.7 Å². The van der Waals surface area contributed by atoms with Crippen LogP contribution in [-0.2, 0) is 0 Å². The molecule has 2 saturated heterocycles. The Bertz CT molecular complexity index is 1630. The second-order valence-corrected chi connectivity index (χ2v) is 10.4. The van der Waals surface area contributed by atoms with Gasteiger partial charge in [0.25, 0.3) is 5.91 Å². The van der Waals surface area contributed by atoms with Crippen molar-refractivity contribution in [2.24, 2.45) is 0 Å². The number of ketones is 1. The molecule has 0 spiro atoms. The molecule has 0 saturated carbocycles. The second kappa shape index (κ2) is 10.1. The van der Waals surface area contributed by atoms with Crippen LogP contribution in [0.25, 0.3) is 16.8 Å². The number of nitrogens with zero attached hydrogens (tertiary/aromatic N) is 7. The number of amides is 1. The molecule has 6 heterocycles. The number of pyridine rings is 1. The van der Waals surface area contributed by atoms with Crippen LogP contribution in [0.2, 0.25) is 0 Å². The normalized spacial score (nSPS) is 20.7. The highest BCUT2D eigenvalue weighted by atomic mass is 16.2. The number of quaternary nitrogens is 1. The van der Waals surface area contributed by atoms with Gasteiger partial charge in [0.1, 0.15) is 18.3 Å². The molecule has 1 amide bonds. The zero-order chi connectivity index (χ0) is 28.0. The van der Waals surface area contributed by atoms with Crippen LogP contribution >= 0.6 is 0 Å². The third kappa shape index (κ3) is 4.33. The number of aromatic nitrogens is 7. The number of nitrogens with two attached hydrogens (primary N) is 2. The minimum Gasteiger partial charge on any atom is -0.383 e. The fourth-order valence-electron chi connectivity index (χ4n) is 5.98. The average molecular weight is 541 g/mol. The van der Waals surface area contributed by atoms with Gasteiger partial charge in [-0.2, -0.15) is 14.7 Å². The Labute approximate surface area is 229 Å². The molecule has 1 unspecified atom stereocenters. The van der Waals surface area contributed by atoms with Crippen LogP contribution in [0, 0.1) is 5.41 Å². The number of Topliss-reactive ketones (excluding diaryl/α,β-unsaturated/α-hetero) is 1. The summed E-state index contributed by atoms with van der Waals surface area (Å²) in [5.41, 5.74) is 10.6. The quantitative estimate of drug-likeness (QED) is 0.202. The molecule has 0 radical (unpaired) electrons. The van der Waals surface area contributed by atoms with E-state index in [9.17, 15) is 9.59 Å². The van der Waals surface area contributed by atoms with E-state index in [0.717, 1.165) is 35.4 Å². The fraction of sp³-hybridized carbons (Fsp3) is 0.333. The number of carbonyl (C=O) groups excluding carboxylic acids is 2. The van der Waals surface area contributed by atoms with Gasteiger partial charge in [0.2, 0.25) is 11.6 Å². The highest BCUT2D eigenvalue weighted by Crippen LogP contribution is 2.45. The monoisotopic (exact) mass is 540 g/mol. The molecule has 4 aromatic rings. The van der Waals surface area contributed by atoms with E-state index in [1.54, 1.807) is 12.4 Å². The number of carbonyl (C=O) groups is 2. The number of rotatable bonds is 7. The van der Waals surface area contributed by atoms with Crippen molar-refractivity contribution in [3.8, 4) is 11.1 Å². The van der Waals surface area contributed by atoms with Gasteiger partial charge in [-0.05, 0) is 45.6 Å². The van der Waals surface area contributed by atoms with E-state index >= 15 is 0 Å². The summed E-state index contributed by atoms with van der Waals surface area (Å²) in [5.74, 6) is 0.913. The van der Waals surface area contributed by atoms with Crippen molar-refractivity contribution in [1.82, 2.24) is 39.7 Å². The topological polar surface area (TPSA) is 189 Å². The summed E-state index contributed by atoms with van der Waals surface area (Å²) < 4.78 is 1.52. The van der Waals surface area contributed by atoms with Crippen LogP contribution in [0.4, 0.5) is 11.6 Å². The van der Waals surface area contributed by atoms with Crippen molar-refractivity contribution in [2.75, 3.05) is 5.73 Å². The molecule has 6 rings (SSSR count). The minimum absolute atomic E-state index is 0.0168. The minimum atomic E-state index is -0.165. The third-order valence-corrected chi connectivity index (χ3v) is 7.88. The van der Waals surface area contributed by atoms with Gasteiger partial charge in [-0.25, -0.2) is 15.0 Å². The lowest BCUT2D eigenvalue weighted by molar-refractivity contribution is -0.501. The molecule has 0 aliphatic carbocycles. The Kier molecular flexibility index (Phi) is 6.42. The standard InChI is InChI=1S/C27H29N11O2/c1-14(9-28)10-30-21-6-3-16(11-31-21)20-12-34-38-24(29)22(15(2)39)23(35-26(20)38)17-7-18-4-5-19(8-17)37(18)27(40)25-32-13-33-36-25/h3,6,9-13,17-19,28H,4-5,7-8,29H2,1-2H3,(H,30,31)(H,32,33,36)/p+1/b14-10-,28-9?/t17?,18-,19+. The Morgan fingerprint density at radius 2 is 1.93 bits per heavy atom. The van der Waals surface area contributed by atoms with Crippen LogP contribution in [0.1, 0.15) is 72.1 Å². The molecular weight excluding hydrogens is 510 g/mol. The van der Waals surface area contributed by atoms with Crippen LogP contribution in [0.15, 0.2) is 42.6 Å². The Morgan fingerprint density at radius 1 is 1.15 bits per heavy atom. The van der Waals surface area contributed by atoms with Gasteiger partial charge in [0.15, 0.2) is 11.4 Å². The fourth-order valence-corrected chi connectivity index (χ4v) is 5.98. The largest absolute Gasteiger partial charge is 0.383 e.